The van der Waals surface area contributed by atoms with Crippen LogP contribution in [-0.2, 0) is 20.7 Å². The predicted octanol–water partition coefficient (Wildman–Crippen LogP) is 2.77. The van der Waals surface area contributed by atoms with Crippen molar-refractivity contribution in [1.29, 1.82) is 0 Å². The second kappa shape index (κ2) is 6.03. The van der Waals surface area contributed by atoms with Crippen molar-refractivity contribution in [3.8, 4) is 0 Å². The zero-order valence-electron chi connectivity index (χ0n) is 12.9. The minimum atomic E-state index is -2.46. The summed E-state index contributed by atoms with van der Waals surface area (Å²) in [6, 6.07) is 7.43. The molecule has 0 N–H and O–H groups in total. The summed E-state index contributed by atoms with van der Waals surface area (Å²) in [6.07, 6.45) is -2.46. The van der Waals surface area contributed by atoms with Crippen molar-refractivity contribution in [2.45, 2.75) is 51.9 Å². The number of benzene rings is 1. The minimum Gasteiger partial charge on any atom is -0.399 e. The zero-order valence-corrected chi connectivity index (χ0v) is 12.9. The van der Waals surface area contributed by atoms with Crippen LogP contribution in [0.25, 0.3) is 0 Å². The van der Waals surface area contributed by atoms with Gasteiger partial charge in [0.15, 0.2) is 0 Å². The van der Waals surface area contributed by atoms with Crippen molar-refractivity contribution >= 4 is 12.6 Å². The topological polar surface area (TPSA) is 27.7 Å². The van der Waals surface area contributed by atoms with E-state index in [-0.39, 0.29) is 6.61 Å². The summed E-state index contributed by atoms with van der Waals surface area (Å²) in [5.41, 5.74) is 0.755. The van der Waals surface area contributed by atoms with Crippen LogP contribution >= 0.6 is 0 Å². The van der Waals surface area contributed by atoms with Crippen LogP contribution in [0.1, 0.15) is 33.3 Å². The van der Waals surface area contributed by atoms with E-state index in [1.807, 2.05) is 52.0 Å². The van der Waals surface area contributed by atoms with Gasteiger partial charge in [0, 0.05) is 0 Å². The van der Waals surface area contributed by atoms with Crippen LogP contribution in [0.2, 0.25) is 0 Å². The highest BCUT2D eigenvalue weighted by Gasteiger charge is 2.52. The normalized spacial score (nSPS) is 20.2. The first-order valence-electron chi connectivity index (χ1n) is 7.02. The van der Waals surface area contributed by atoms with E-state index in [2.05, 4.69) is 0 Å². The maximum absolute atomic E-state index is 12.2. The van der Waals surface area contributed by atoms with Crippen LogP contribution in [0.15, 0.2) is 24.3 Å². The van der Waals surface area contributed by atoms with E-state index in [0.29, 0.717) is 0 Å². The van der Waals surface area contributed by atoms with Gasteiger partial charge >= 0.3 is 7.12 Å². The average Bonchev–Trinajstić information content (AvgIpc) is 2.58. The molecule has 1 aliphatic rings. The molecule has 0 atom stereocenters. The van der Waals surface area contributed by atoms with E-state index >= 15 is 0 Å². The van der Waals surface area contributed by atoms with Crippen LogP contribution in [-0.4, -0.2) is 31.4 Å². The Morgan fingerprint density at radius 1 is 1.10 bits per heavy atom. The monoisotopic (exact) mass is 298 g/mol. The first kappa shape index (κ1) is 16.4. The van der Waals surface area contributed by atoms with E-state index in [1.54, 1.807) is 0 Å². The lowest BCUT2D eigenvalue weighted by Crippen LogP contribution is -2.41. The Morgan fingerprint density at radius 2 is 1.67 bits per heavy atom. The second-order valence-electron chi connectivity index (χ2n) is 6.19. The fraction of sp³-hybridized carbons (Fsp3) is 0.600. The molecule has 1 aliphatic heterocycles. The van der Waals surface area contributed by atoms with E-state index in [4.69, 9.17) is 14.0 Å². The fourth-order valence-electron chi connectivity index (χ4n) is 2.12. The van der Waals surface area contributed by atoms with E-state index in [0.717, 1.165) is 11.0 Å². The second-order valence-corrected chi connectivity index (χ2v) is 6.19. The molecule has 0 bridgehead atoms. The molecule has 116 valence electrons. The number of hydrogen-bond donors (Lipinski definition) is 0. The number of halogens is 2. The van der Waals surface area contributed by atoms with E-state index in [1.165, 1.54) is 0 Å². The van der Waals surface area contributed by atoms with Crippen molar-refractivity contribution in [2.75, 3.05) is 6.61 Å². The van der Waals surface area contributed by atoms with Crippen LogP contribution in [0.4, 0.5) is 8.78 Å². The largest absolute Gasteiger partial charge is 0.495 e. The molecule has 1 heterocycles. The molecule has 0 amide bonds. The average molecular weight is 298 g/mol. The maximum Gasteiger partial charge on any atom is 0.495 e. The highest BCUT2D eigenvalue weighted by atomic mass is 19.3. The lowest BCUT2D eigenvalue weighted by atomic mass is 9.76. The van der Waals surface area contributed by atoms with E-state index < -0.39 is 31.4 Å². The van der Waals surface area contributed by atoms with Gasteiger partial charge in [-0.3, -0.25) is 0 Å². The fourth-order valence-corrected chi connectivity index (χ4v) is 2.12. The number of hydrogen-bond acceptors (Lipinski definition) is 3. The Hall–Kier alpha value is -0.975. The number of ether oxygens (including phenoxy) is 1. The third-order valence-corrected chi connectivity index (χ3v) is 4.06. The van der Waals surface area contributed by atoms with Crippen LogP contribution < -0.4 is 5.46 Å². The van der Waals surface area contributed by atoms with Crippen molar-refractivity contribution in [3.05, 3.63) is 29.8 Å². The lowest BCUT2D eigenvalue weighted by molar-refractivity contribution is 0.00578. The molecule has 0 aliphatic carbocycles. The van der Waals surface area contributed by atoms with Crippen molar-refractivity contribution in [2.24, 2.45) is 0 Å². The zero-order chi connectivity index (χ0) is 15.7. The summed E-state index contributed by atoms with van der Waals surface area (Å²) in [5, 5.41) is 0. The van der Waals surface area contributed by atoms with Gasteiger partial charge in [-0.2, -0.15) is 0 Å². The van der Waals surface area contributed by atoms with Crippen LogP contribution in [0, 0.1) is 0 Å². The van der Waals surface area contributed by atoms with E-state index in [9.17, 15) is 8.78 Å². The molecule has 1 aromatic rings. The van der Waals surface area contributed by atoms with Gasteiger partial charge in [-0.05, 0) is 38.7 Å². The minimum absolute atomic E-state index is 0.116. The molecule has 1 saturated heterocycles. The number of rotatable bonds is 5. The molecule has 2 rings (SSSR count). The summed E-state index contributed by atoms with van der Waals surface area (Å²) < 4.78 is 41.3. The van der Waals surface area contributed by atoms with Gasteiger partial charge in [-0.1, -0.05) is 24.3 Å². The molecule has 1 fully saturated rings. The van der Waals surface area contributed by atoms with Crippen molar-refractivity contribution in [3.63, 3.8) is 0 Å². The van der Waals surface area contributed by atoms with Gasteiger partial charge < -0.3 is 14.0 Å². The summed E-state index contributed by atoms with van der Waals surface area (Å²) >= 11 is 0. The summed E-state index contributed by atoms with van der Waals surface area (Å²) in [5.74, 6) is 0. The van der Waals surface area contributed by atoms with Gasteiger partial charge in [0.2, 0.25) is 0 Å². The van der Waals surface area contributed by atoms with Gasteiger partial charge in [-0.15, -0.1) is 0 Å². The molecule has 0 spiro atoms. The first-order chi connectivity index (χ1) is 9.73. The standard InChI is InChI=1S/C15H21BF2O3/c1-14(2)15(3,4)21-16(20-14)12-8-6-5-7-11(12)9-19-10-13(17)18/h5-8,13H,9-10H2,1-4H3. The quantitative estimate of drug-likeness (QED) is 0.782. The van der Waals surface area contributed by atoms with Gasteiger partial charge in [-0.25, -0.2) is 8.78 Å². The third kappa shape index (κ3) is 3.62. The smallest absolute Gasteiger partial charge is 0.399 e. The highest BCUT2D eigenvalue weighted by Crippen LogP contribution is 2.36. The molecule has 1 aromatic carbocycles. The molecule has 3 nitrogen and oxygen atoms in total. The van der Waals surface area contributed by atoms with Crippen molar-refractivity contribution < 1.29 is 22.8 Å². The SMILES string of the molecule is CC1(C)OB(c2ccccc2COCC(F)F)OC1(C)C. The summed E-state index contributed by atoms with van der Waals surface area (Å²) in [7, 11) is -0.513. The molecular weight excluding hydrogens is 277 g/mol. The molecule has 0 aromatic heterocycles. The summed E-state index contributed by atoms with van der Waals surface area (Å²) in [4.78, 5) is 0. The Morgan fingerprint density at radius 3 is 2.24 bits per heavy atom. The first-order valence-corrected chi connectivity index (χ1v) is 7.02. The van der Waals surface area contributed by atoms with Crippen molar-refractivity contribution in [1.82, 2.24) is 0 Å². The molecule has 0 saturated carbocycles. The summed E-state index contributed by atoms with van der Waals surface area (Å²) in [6.45, 7) is 7.44. The Bertz CT molecular complexity index is 476. The van der Waals surface area contributed by atoms with Gasteiger partial charge in [0.25, 0.3) is 6.43 Å². The Balaban J connectivity index is 2.14. The predicted molar refractivity (Wildman–Crippen MR) is 77.8 cm³/mol. The molecule has 0 radical (unpaired) electrons. The highest BCUT2D eigenvalue weighted by molar-refractivity contribution is 6.62. The Kier molecular flexibility index (Phi) is 4.71. The van der Waals surface area contributed by atoms with Crippen LogP contribution in [0.3, 0.4) is 0 Å². The lowest BCUT2D eigenvalue weighted by Gasteiger charge is -2.32. The third-order valence-electron chi connectivity index (χ3n) is 4.06. The molecular formula is C15H21BF2O3. The molecule has 6 heteroatoms. The molecule has 0 unspecified atom stereocenters. The van der Waals surface area contributed by atoms with Gasteiger partial charge in [0.1, 0.15) is 6.61 Å². The Labute approximate surface area is 124 Å². The maximum atomic E-state index is 12.2. The number of alkyl halides is 2. The van der Waals surface area contributed by atoms with Crippen LogP contribution in [0.5, 0.6) is 0 Å². The van der Waals surface area contributed by atoms with Gasteiger partial charge in [0.05, 0.1) is 17.8 Å². The molecule has 21 heavy (non-hydrogen) atoms.